The van der Waals surface area contributed by atoms with E-state index in [0.717, 1.165) is 22.6 Å². The number of rotatable bonds is 11. The number of benzene rings is 2. The third-order valence-corrected chi connectivity index (χ3v) is 8.86. The zero-order valence-electron chi connectivity index (χ0n) is 18.7. The van der Waals surface area contributed by atoms with Gasteiger partial charge in [0, 0.05) is 35.9 Å². The van der Waals surface area contributed by atoms with E-state index >= 15 is 0 Å². The SMILES string of the molecule is CC(C(=O)NCCSSCCN)C(C)(C)C(C)(c1ccc(O)cc1)c1ccc(O)cc1. The standard InChI is InChI=1S/C24H34N2O3S2/c1-17(22(29)26-14-16-31-30-15-13-25)23(2,3)24(4,18-5-9-20(27)10-6-18)19-7-11-21(28)12-8-19/h5-12,17,27-28H,13-16,25H2,1-4H3,(H,26,29). The maximum Gasteiger partial charge on any atom is 0.223 e. The van der Waals surface area contributed by atoms with Crippen LogP contribution in [-0.2, 0) is 10.2 Å². The number of carbonyl (C=O) groups excluding carboxylic acids is 1. The lowest BCUT2D eigenvalue weighted by molar-refractivity contribution is -0.129. The summed E-state index contributed by atoms with van der Waals surface area (Å²) in [6, 6.07) is 14.3. The molecular weight excluding hydrogens is 428 g/mol. The van der Waals surface area contributed by atoms with Gasteiger partial charge in [-0.1, -0.05) is 73.5 Å². The normalized spacial score (nSPS) is 13.1. The smallest absolute Gasteiger partial charge is 0.223 e. The number of aromatic hydroxyl groups is 2. The monoisotopic (exact) mass is 462 g/mol. The van der Waals surface area contributed by atoms with Crippen LogP contribution in [0.1, 0.15) is 38.8 Å². The highest BCUT2D eigenvalue weighted by molar-refractivity contribution is 8.76. The van der Waals surface area contributed by atoms with Gasteiger partial charge in [0.05, 0.1) is 0 Å². The number of hydrogen-bond donors (Lipinski definition) is 4. The fourth-order valence-electron chi connectivity index (χ4n) is 3.80. The van der Waals surface area contributed by atoms with Crippen LogP contribution in [0, 0.1) is 11.3 Å². The van der Waals surface area contributed by atoms with Gasteiger partial charge in [0.15, 0.2) is 0 Å². The van der Waals surface area contributed by atoms with Gasteiger partial charge in [0.2, 0.25) is 5.91 Å². The van der Waals surface area contributed by atoms with Crippen LogP contribution in [0.4, 0.5) is 0 Å². The average molecular weight is 463 g/mol. The van der Waals surface area contributed by atoms with Crippen molar-refractivity contribution in [3.63, 3.8) is 0 Å². The molecule has 0 aliphatic heterocycles. The van der Waals surface area contributed by atoms with E-state index in [4.69, 9.17) is 5.73 Å². The minimum atomic E-state index is -0.545. The van der Waals surface area contributed by atoms with Crippen molar-refractivity contribution in [1.29, 1.82) is 0 Å². The first-order chi connectivity index (χ1) is 14.6. The largest absolute Gasteiger partial charge is 0.508 e. The highest BCUT2D eigenvalue weighted by Crippen LogP contribution is 2.51. The molecule has 2 aromatic rings. The van der Waals surface area contributed by atoms with Gasteiger partial charge in [-0.25, -0.2) is 0 Å². The molecule has 5 N–H and O–H groups in total. The van der Waals surface area contributed by atoms with Crippen molar-refractivity contribution in [2.24, 2.45) is 17.1 Å². The minimum Gasteiger partial charge on any atom is -0.508 e. The molecular formula is C24H34N2O3S2. The third-order valence-electron chi connectivity index (χ3n) is 6.42. The van der Waals surface area contributed by atoms with Crippen LogP contribution in [0.3, 0.4) is 0 Å². The Balaban J connectivity index is 2.30. The van der Waals surface area contributed by atoms with E-state index < -0.39 is 10.8 Å². The summed E-state index contributed by atoms with van der Waals surface area (Å²) < 4.78 is 0. The second-order valence-electron chi connectivity index (χ2n) is 8.39. The molecule has 0 saturated heterocycles. The lowest BCUT2D eigenvalue weighted by Crippen LogP contribution is -2.49. The Morgan fingerprint density at radius 1 is 0.935 bits per heavy atom. The quantitative estimate of drug-likeness (QED) is 0.290. The van der Waals surface area contributed by atoms with Crippen molar-refractivity contribution in [2.75, 3.05) is 24.6 Å². The van der Waals surface area contributed by atoms with Crippen molar-refractivity contribution < 1.29 is 15.0 Å². The van der Waals surface area contributed by atoms with Crippen LogP contribution < -0.4 is 11.1 Å². The summed E-state index contributed by atoms with van der Waals surface area (Å²) in [7, 11) is 3.44. The molecule has 1 amide bonds. The van der Waals surface area contributed by atoms with Gasteiger partial charge in [-0.2, -0.15) is 0 Å². The Morgan fingerprint density at radius 2 is 1.39 bits per heavy atom. The zero-order valence-corrected chi connectivity index (χ0v) is 20.4. The zero-order chi connectivity index (χ0) is 23.1. The van der Waals surface area contributed by atoms with Crippen molar-refractivity contribution in [3.8, 4) is 11.5 Å². The molecule has 0 spiro atoms. The average Bonchev–Trinajstić information content (AvgIpc) is 2.75. The van der Waals surface area contributed by atoms with Crippen molar-refractivity contribution >= 4 is 27.5 Å². The maximum atomic E-state index is 13.1. The van der Waals surface area contributed by atoms with Crippen LogP contribution in [0.2, 0.25) is 0 Å². The van der Waals surface area contributed by atoms with Crippen LogP contribution in [0.15, 0.2) is 48.5 Å². The Labute approximate surface area is 193 Å². The molecule has 0 aliphatic carbocycles. The number of phenols is 2. The van der Waals surface area contributed by atoms with Gasteiger partial charge >= 0.3 is 0 Å². The fraction of sp³-hybridized carbons (Fsp3) is 0.458. The first kappa shape index (κ1) is 25.4. The molecule has 170 valence electrons. The second kappa shape index (κ2) is 11.2. The van der Waals surface area contributed by atoms with Gasteiger partial charge in [0.25, 0.3) is 0 Å². The molecule has 7 heteroatoms. The van der Waals surface area contributed by atoms with Gasteiger partial charge in [-0.3, -0.25) is 4.79 Å². The topological polar surface area (TPSA) is 95.6 Å². The summed E-state index contributed by atoms with van der Waals surface area (Å²) in [5.41, 5.74) is 6.47. The predicted octanol–water partition coefficient (Wildman–Crippen LogP) is 4.52. The van der Waals surface area contributed by atoms with Crippen LogP contribution in [-0.4, -0.2) is 40.7 Å². The number of hydrogen-bond acceptors (Lipinski definition) is 6. The molecule has 0 bridgehead atoms. The van der Waals surface area contributed by atoms with E-state index in [9.17, 15) is 15.0 Å². The Morgan fingerprint density at radius 3 is 1.84 bits per heavy atom. The summed E-state index contributed by atoms with van der Waals surface area (Å²) in [4.78, 5) is 13.1. The number of nitrogens with one attached hydrogen (secondary N) is 1. The molecule has 1 unspecified atom stereocenters. The summed E-state index contributed by atoms with van der Waals surface area (Å²) in [5, 5.41) is 22.7. The van der Waals surface area contributed by atoms with Gasteiger partial charge < -0.3 is 21.3 Å². The summed E-state index contributed by atoms with van der Waals surface area (Å²) in [5.74, 6) is 1.85. The summed E-state index contributed by atoms with van der Waals surface area (Å²) >= 11 is 0. The molecule has 5 nitrogen and oxygen atoms in total. The van der Waals surface area contributed by atoms with E-state index in [0.29, 0.717) is 13.1 Å². The molecule has 0 radical (unpaired) electrons. The first-order valence-electron chi connectivity index (χ1n) is 10.5. The molecule has 0 aliphatic rings. The molecule has 2 rings (SSSR count). The summed E-state index contributed by atoms with van der Waals surface area (Å²) in [6.45, 7) is 9.55. The molecule has 2 aromatic carbocycles. The van der Waals surface area contributed by atoms with Gasteiger partial charge in [0.1, 0.15) is 11.5 Å². The van der Waals surface area contributed by atoms with E-state index in [2.05, 4.69) is 26.1 Å². The highest BCUT2D eigenvalue weighted by atomic mass is 33.1. The van der Waals surface area contributed by atoms with Crippen molar-refractivity contribution in [1.82, 2.24) is 5.32 Å². The lowest BCUT2D eigenvalue weighted by atomic mass is 9.55. The minimum absolute atomic E-state index is 0.0122. The van der Waals surface area contributed by atoms with Crippen LogP contribution in [0.25, 0.3) is 0 Å². The Kier molecular flexibility index (Phi) is 9.15. The van der Waals surface area contributed by atoms with E-state index in [1.54, 1.807) is 45.9 Å². The third kappa shape index (κ3) is 5.90. The molecule has 1 atom stereocenters. The van der Waals surface area contributed by atoms with Gasteiger partial charge in [-0.15, -0.1) is 0 Å². The number of phenolic OH excluding ortho intramolecular Hbond substituents is 2. The van der Waals surface area contributed by atoms with E-state index in [-0.39, 0.29) is 23.3 Å². The first-order valence-corrected chi connectivity index (χ1v) is 12.9. The Hall–Kier alpha value is -1.83. The molecule has 0 aromatic heterocycles. The second-order valence-corrected chi connectivity index (χ2v) is 11.1. The maximum absolute atomic E-state index is 13.1. The van der Waals surface area contributed by atoms with Gasteiger partial charge in [-0.05, 0) is 40.8 Å². The molecule has 0 fully saturated rings. The van der Waals surface area contributed by atoms with Crippen LogP contribution in [0.5, 0.6) is 11.5 Å². The number of carbonyl (C=O) groups is 1. The molecule has 31 heavy (non-hydrogen) atoms. The number of nitrogens with two attached hydrogens (primary N) is 1. The fourth-order valence-corrected chi connectivity index (χ4v) is 5.56. The van der Waals surface area contributed by atoms with Crippen molar-refractivity contribution in [3.05, 3.63) is 59.7 Å². The lowest BCUT2D eigenvalue weighted by Gasteiger charge is -2.48. The van der Waals surface area contributed by atoms with Crippen LogP contribution >= 0.6 is 21.6 Å². The predicted molar refractivity (Wildman–Crippen MR) is 133 cm³/mol. The van der Waals surface area contributed by atoms with Crippen molar-refractivity contribution in [2.45, 2.75) is 33.1 Å². The van der Waals surface area contributed by atoms with E-state index in [1.807, 2.05) is 31.2 Å². The van der Waals surface area contributed by atoms with E-state index in [1.165, 1.54) is 0 Å². The number of amides is 1. The summed E-state index contributed by atoms with van der Waals surface area (Å²) in [6.07, 6.45) is 0. The highest BCUT2D eigenvalue weighted by Gasteiger charge is 2.49. The molecule has 0 heterocycles. The Bertz CT molecular complexity index is 793. The molecule has 0 saturated carbocycles.